The molecule has 0 aliphatic rings. The SMILES string of the molecule is CCN(CCCO)C(=O)c1cc(N)c(F)cc1Br. The Morgan fingerprint density at radius 2 is 2.22 bits per heavy atom. The second kappa shape index (κ2) is 6.70. The highest BCUT2D eigenvalue weighted by Crippen LogP contribution is 2.24. The van der Waals surface area contributed by atoms with Crippen molar-refractivity contribution in [2.24, 2.45) is 0 Å². The lowest BCUT2D eigenvalue weighted by atomic mass is 10.1. The second-order valence-electron chi connectivity index (χ2n) is 3.82. The molecule has 0 saturated carbocycles. The summed E-state index contributed by atoms with van der Waals surface area (Å²) in [6.07, 6.45) is 0.508. The van der Waals surface area contributed by atoms with Crippen molar-refractivity contribution >= 4 is 27.5 Å². The number of nitrogens with two attached hydrogens (primary N) is 1. The van der Waals surface area contributed by atoms with Gasteiger partial charge in [0.2, 0.25) is 0 Å². The number of benzene rings is 1. The van der Waals surface area contributed by atoms with E-state index in [2.05, 4.69) is 15.9 Å². The van der Waals surface area contributed by atoms with E-state index in [1.54, 1.807) is 4.90 Å². The number of aliphatic hydroxyl groups excluding tert-OH is 1. The van der Waals surface area contributed by atoms with Crippen molar-refractivity contribution in [3.05, 3.63) is 28.0 Å². The van der Waals surface area contributed by atoms with E-state index >= 15 is 0 Å². The van der Waals surface area contributed by atoms with Crippen LogP contribution in [0.4, 0.5) is 10.1 Å². The lowest BCUT2D eigenvalue weighted by molar-refractivity contribution is 0.0753. The summed E-state index contributed by atoms with van der Waals surface area (Å²) < 4.78 is 13.6. The second-order valence-corrected chi connectivity index (χ2v) is 4.67. The van der Waals surface area contributed by atoms with Gasteiger partial charge in [0.15, 0.2) is 0 Å². The van der Waals surface area contributed by atoms with Gasteiger partial charge in [0.25, 0.3) is 5.91 Å². The molecule has 3 N–H and O–H groups in total. The van der Waals surface area contributed by atoms with Gasteiger partial charge in [0.1, 0.15) is 5.82 Å². The maximum atomic E-state index is 13.2. The normalized spacial score (nSPS) is 10.4. The van der Waals surface area contributed by atoms with Crippen LogP contribution in [0.5, 0.6) is 0 Å². The largest absolute Gasteiger partial charge is 0.396 e. The summed E-state index contributed by atoms with van der Waals surface area (Å²) in [4.78, 5) is 13.8. The average Bonchev–Trinajstić information content (AvgIpc) is 2.34. The van der Waals surface area contributed by atoms with Crippen LogP contribution in [0.15, 0.2) is 16.6 Å². The first-order valence-electron chi connectivity index (χ1n) is 5.65. The Bertz CT molecular complexity index is 440. The maximum absolute atomic E-state index is 13.2. The first-order valence-corrected chi connectivity index (χ1v) is 6.45. The maximum Gasteiger partial charge on any atom is 0.255 e. The molecule has 6 heteroatoms. The third kappa shape index (κ3) is 3.43. The molecular weight excluding hydrogens is 303 g/mol. The van der Waals surface area contributed by atoms with Crippen LogP contribution < -0.4 is 5.73 Å². The van der Waals surface area contributed by atoms with Gasteiger partial charge in [-0.05, 0) is 41.4 Å². The molecule has 0 unspecified atom stereocenters. The molecule has 0 aliphatic heterocycles. The Labute approximate surface area is 114 Å². The fourth-order valence-corrected chi connectivity index (χ4v) is 2.05. The Morgan fingerprint density at radius 1 is 1.56 bits per heavy atom. The number of hydrogen-bond acceptors (Lipinski definition) is 3. The minimum absolute atomic E-state index is 0.0243. The summed E-state index contributed by atoms with van der Waals surface area (Å²) in [6.45, 7) is 2.84. The Kier molecular flexibility index (Phi) is 5.55. The van der Waals surface area contributed by atoms with E-state index in [0.717, 1.165) is 0 Å². The third-order valence-electron chi connectivity index (χ3n) is 2.57. The molecule has 0 bridgehead atoms. The van der Waals surface area contributed by atoms with Crippen molar-refractivity contribution in [1.29, 1.82) is 0 Å². The summed E-state index contributed by atoms with van der Waals surface area (Å²) >= 11 is 3.16. The van der Waals surface area contributed by atoms with E-state index in [-0.39, 0.29) is 18.2 Å². The summed E-state index contributed by atoms with van der Waals surface area (Å²) in [5, 5.41) is 8.78. The molecule has 1 rings (SSSR count). The number of nitrogens with zero attached hydrogens (tertiary/aromatic N) is 1. The van der Waals surface area contributed by atoms with Crippen LogP contribution >= 0.6 is 15.9 Å². The van der Waals surface area contributed by atoms with Crippen molar-refractivity contribution in [3.63, 3.8) is 0 Å². The molecule has 0 heterocycles. The number of anilines is 1. The predicted octanol–water partition coefficient (Wildman–Crippen LogP) is 2.01. The van der Waals surface area contributed by atoms with Gasteiger partial charge >= 0.3 is 0 Å². The van der Waals surface area contributed by atoms with Crippen molar-refractivity contribution in [2.45, 2.75) is 13.3 Å². The molecule has 0 aromatic heterocycles. The van der Waals surface area contributed by atoms with Crippen molar-refractivity contribution in [3.8, 4) is 0 Å². The highest BCUT2D eigenvalue weighted by molar-refractivity contribution is 9.10. The van der Waals surface area contributed by atoms with Crippen LogP contribution in [-0.4, -0.2) is 35.6 Å². The quantitative estimate of drug-likeness (QED) is 0.816. The molecule has 1 aromatic carbocycles. The zero-order valence-electron chi connectivity index (χ0n) is 10.1. The van der Waals surface area contributed by atoms with Gasteiger partial charge in [-0.2, -0.15) is 0 Å². The number of rotatable bonds is 5. The number of carbonyl (C=O) groups excluding carboxylic acids is 1. The minimum Gasteiger partial charge on any atom is -0.396 e. The number of halogens is 2. The zero-order valence-corrected chi connectivity index (χ0v) is 11.7. The van der Waals surface area contributed by atoms with E-state index in [4.69, 9.17) is 10.8 Å². The summed E-state index contributed by atoms with van der Waals surface area (Å²) in [6, 6.07) is 2.51. The van der Waals surface area contributed by atoms with E-state index < -0.39 is 5.82 Å². The fraction of sp³-hybridized carbons (Fsp3) is 0.417. The van der Waals surface area contributed by atoms with Crippen LogP contribution in [0.1, 0.15) is 23.7 Å². The monoisotopic (exact) mass is 318 g/mol. The molecule has 1 amide bonds. The summed E-state index contributed by atoms with van der Waals surface area (Å²) in [7, 11) is 0. The van der Waals surface area contributed by atoms with Gasteiger partial charge in [0, 0.05) is 24.2 Å². The van der Waals surface area contributed by atoms with Crippen LogP contribution in [0.2, 0.25) is 0 Å². The molecule has 0 atom stereocenters. The molecule has 0 radical (unpaired) electrons. The number of aliphatic hydroxyl groups is 1. The molecule has 18 heavy (non-hydrogen) atoms. The Morgan fingerprint density at radius 3 is 2.78 bits per heavy atom. The van der Waals surface area contributed by atoms with Gasteiger partial charge in [0.05, 0.1) is 11.3 Å². The summed E-state index contributed by atoms with van der Waals surface area (Å²) in [5.74, 6) is -0.790. The van der Waals surface area contributed by atoms with Crippen molar-refractivity contribution < 1.29 is 14.3 Å². The zero-order chi connectivity index (χ0) is 13.7. The lowest BCUT2D eigenvalue weighted by Crippen LogP contribution is -2.32. The molecule has 0 fully saturated rings. The Balaban J connectivity index is 2.98. The van der Waals surface area contributed by atoms with E-state index in [1.807, 2.05) is 6.92 Å². The van der Waals surface area contributed by atoms with E-state index in [1.165, 1.54) is 12.1 Å². The molecule has 4 nitrogen and oxygen atoms in total. The topological polar surface area (TPSA) is 66.6 Å². The van der Waals surface area contributed by atoms with Gasteiger partial charge in [-0.15, -0.1) is 0 Å². The van der Waals surface area contributed by atoms with E-state index in [9.17, 15) is 9.18 Å². The van der Waals surface area contributed by atoms with Gasteiger partial charge in [-0.1, -0.05) is 0 Å². The van der Waals surface area contributed by atoms with Crippen LogP contribution in [-0.2, 0) is 0 Å². The first-order chi connectivity index (χ1) is 8.51. The smallest absolute Gasteiger partial charge is 0.255 e. The highest BCUT2D eigenvalue weighted by atomic mass is 79.9. The van der Waals surface area contributed by atoms with Crippen molar-refractivity contribution in [2.75, 3.05) is 25.4 Å². The molecule has 1 aromatic rings. The van der Waals surface area contributed by atoms with Crippen molar-refractivity contribution in [1.82, 2.24) is 4.90 Å². The number of nitrogen functional groups attached to an aromatic ring is 1. The molecule has 0 saturated heterocycles. The predicted molar refractivity (Wildman–Crippen MR) is 71.8 cm³/mol. The average molecular weight is 319 g/mol. The molecule has 0 aliphatic carbocycles. The fourth-order valence-electron chi connectivity index (χ4n) is 1.56. The first kappa shape index (κ1) is 14.9. The highest BCUT2D eigenvalue weighted by Gasteiger charge is 2.18. The minimum atomic E-state index is -0.558. The number of carbonyl (C=O) groups is 1. The van der Waals surface area contributed by atoms with Gasteiger partial charge in [-0.3, -0.25) is 4.79 Å². The lowest BCUT2D eigenvalue weighted by Gasteiger charge is -2.21. The van der Waals surface area contributed by atoms with Gasteiger partial charge in [-0.25, -0.2) is 4.39 Å². The molecule has 100 valence electrons. The van der Waals surface area contributed by atoms with E-state index in [0.29, 0.717) is 29.5 Å². The standard InChI is InChI=1S/C12H16BrFN2O2/c1-2-16(4-3-5-17)12(18)8-6-11(15)10(14)7-9(8)13/h6-7,17H,2-5,15H2,1H3. The number of hydrogen-bond donors (Lipinski definition) is 2. The molecule has 0 spiro atoms. The Hall–Kier alpha value is -1.14. The van der Waals surface area contributed by atoms with Crippen LogP contribution in [0, 0.1) is 5.82 Å². The van der Waals surface area contributed by atoms with Gasteiger partial charge < -0.3 is 15.7 Å². The summed E-state index contributed by atoms with van der Waals surface area (Å²) in [5.41, 5.74) is 5.73. The third-order valence-corrected chi connectivity index (χ3v) is 3.23. The van der Waals surface area contributed by atoms with Crippen LogP contribution in [0.3, 0.4) is 0 Å². The van der Waals surface area contributed by atoms with Crippen LogP contribution in [0.25, 0.3) is 0 Å². The number of amides is 1. The molecular formula is C12H16BrFN2O2.